The van der Waals surface area contributed by atoms with Crippen LogP contribution in [0.15, 0.2) is 12.1 Å². The van der Waals surface area contributed by atoms with Gasteiger partial charge < -0.3 is 14.9 Å². The summed E-state index contributed by atoms with van der Waals surface area (Å²) in [6, 6.07) is 3.92. The molecule has 0 aliphatic rings. The summed E-state index contributed by atoms with van der Waals surface area (Å²) in [7, 11) is 1.63. The molecule has 2 N–H and O–H groups in total. The van der Waals surface area contributed by atoms with Gasteiger partial charge in [0.05, 0.1) is 7.11 Å². The zero-order valence-electron chi connectivity index (χ0n) is 10.4. The van der Waals surface area contributed by atoms with E-state index in [0.29, 0.717) is 6.42 Å². The van der Waals surface area contributed by atoms with Crippen molar-refractivity contribution in [3.63, 3.8) is 0 Å². The number of carboxylic acids is 1. The van der Waals surface area contributed by atoms with Crippen molar-refractivity contribution in [3.05, 3.63) is 28.8 Å². The van der Waals surface area contributed by atoms with Crippen LogP contribution in [-0.4, -0.2) is 29.4 Å². The summed E-state index contributed by atoms with van der Waals surface area (Å²) in [6.07, 6.45) is -0.530. The topological polar surface area (TPSA) is 66.8 Å². The van der Waals surface area contributed by atoms with Crippen molar-refractivity contribution in [2.24, 2.45) is 0 Å². The van der Waals surface area contributed by atoms with E-state index in [9.17, 15) is 9.90 Å². The first-order valence-electron chi connectivity index (χ1n) is 5.50. The molecule has 0 spiro atoms. The summed E-state index contributed by atoms with van der Waals surface area (Å²) in [5.41, 5.74) is 3.06. The zero-order chi connectivity index (χ0) is 13.0. The van der Waals surface area contributed by atoms with E-state index in [-0.39, 0.29) is 6.42 Å². The van der Waals surface area contributed by atoms with Crippen LogP contribution in [0, 0.1) is 13.8 Å². The number of carbonyl (C=O) groups is 1. The second kappa shape index (κ2) is 5.68. The van der Waals surface area contributed by atoms with Crippen LogP contribution >= 0.6 is 0 Å². The van der Waals surface area contributed by atoms with Crippen LogP contribution in [0.5, 0.6) is 5.75 Å². The number of benzene rings is 1. The highest BCUT2D eigenvalue weighted by Gasteiger charge is 2.13. The molecule has 1 atom stereocenters. The first-order valence-corrected chi connectivity index (χ1v) is 5.50. The molecule has 0 radical (unpaired) electrons. The van der Waals surface area contributed by atoms with Gasteiger partial charge in [0, 0.05) is 0 Å². The Balaban J connectivity index is 2.77. The molecule has 0 aromatic heterocycles. The summed E-state index contributed by atoms with van der Waals surface area (Å²) in [5, 5.41) is 17.8. The van der Waals surface area contributed by atoms with E-state index in [0.717, 1.165) is 22.4 Å². The average Bonchev–Trinajstić information content (AvgIpc) is 2.25. The van der Waals surface area contributed by atoms with Crippen molar-refractivity contribution < 1.29 is 19.7 Å². The van der Waals surface area contributed by atoms with Crippen molar-refractivity contribution in [1.29, 1.82) is 0 Å². The van der Waals surface area contributed by atoms with Gasteiger partial charge in [0.25, 0.3) is 0 Å². The molecule has 0 saturated carbocycles. The monoisotopic (exact) mass is 238 g/mol. The number of methoxy groups -OCH3 is 1. The molecule has 0 fully saturated rings. The Morgan fingerprint density at radius 1 is 1.35 bits per heavy atom. The second-order valence-electron chi connectivity index (χ2n) is 4.16. The zero-order valence-corrected chi connectivity index (χ0v) is 10.4. The Kier molecular flexibility index (Phi) is 4.52. The Morgan fingerprint density at radius 3 is 2.29 bits per heavy atom. The predicted molar refractivity (Wildman–Crippen MR) is 64.4 cm³/mol. The highest BCUT2D eigenvalue weighted by Crippen LogP contribution is 2.24. The normalized spacial score (nSPS) is 12.2. The first-order chi connectivity index (χ1) is 7.95. The standard InChI is InChI=1S/C13H18O4/c1-8-6-10(4-5-11(14)13(15)16)7-9(2)12(8)17-3/h6-7,11,14H,4-5H2,1-3H3,(H,15,16). The molecule has 0 heterocycles. The van der Waals surface area contributed by atoms with E-state index in [4.69, 9.17) is 9.84 Å². The fourth-order valence-electron chi connectivity index (χ4n) is 1.93. The first kappa shape index (κ1) is 13.5. The van der Waals surface area contributed by atoms with Gasteiger partial charge in [-0.2, -0.15) is 0 Å². The van der Waals surface area contributed by atoms with Gasteiger partial charge in [-0.15, -0.1) is 0 Å². The second-order valence-corrected chi connectivity index (χ2v) is 4.16. The van der Waals surface area contributed by atoms with Crippen LogP contribution in [0.25, 0.3) is 0 Å². The lowest BCUT2D eigenvalue weighted by atomic mass is 10.0. The summed E-state index contributed by atoms with van der Waals surface area (Å²) in [6.45, 7) is 3.89. The molecule has 1 aromatic rings. The summed E-state index contributed by atoms with van der Waals surface area (Å²) in [5.74, 6) is -0.320. The van der Waals surface area contributed by atoms with E-state index in [1.165, 1.54) is 0 Å². The Bertz CT molecular complexity index is 389. The number of hydrogen-bond acceptors (Lipinski definition) is 3. The maximum atomic E-state index is 10.5. The maximum Gasteiger partial charge on any atom is 0.332 e. The lowest BCUT2D eigenvalue weighted by molar-refractivity contribution is -0.146. The highest BCUT2D eigenvalue weighted by atomic mass is 16.5. The van der Waals surface area contributed by atoms with Gasteiger partial charge >= 0.3 is 5.97 Å². The Labute approximate surface area is 101 Å². The number of aliphatic carboxylic acids is 1. The molecule has 0 bridgehead atoms. The number of aliphatic hydroxyl groups excluding tert-OH is 1. The highest BCUT2D eigenvalue weighted by molar-refractivity contribution is 5.71. The largest absolute Gasteiger partial charge is 0.496 e. The van der Waals surface area contributed by atoms with Crippen LogP contribution in [0.3, 0.4) is 0 Å². The summed E-state index contributed by atoms with van der Waals surface area (Å²) < 4.78 is 5.25. The van der Waals surface area contributed by atoms with Crippen LogP contribution in [0.1, 0.15) is 23.1 Å². The minimum Gasteiger partial charge on any atom is -0.496 e. The number of rotatable bonds is 5. The Morgan fingerprint density at radius 2 is 1.88 bits per heavy atom. The number of hydrogen-bond donors (Lipinski definition) is 2. The molecule has 0 saturated heterocycles. The molecule has 1 unspecified atom stereocenters. The molecule has 0 amide bonds. The van der Waals surface area contributed by atoms with Gasteiger partial charge in [0.1, 0.15) is 5.75 Å². The minimum atomic E-state index is -1.29. The summed E-state index contributed by atoms with van der Waals surface area (Å²) >= 11 is 0. The van der Waals surface area contributed by atoms with E-state index in [2.05, 4.69) is 0 Å². The molecule has 4 nitrogen and oxygen atoms in total. The van der Waals surface area contributed by atoms with Crippen LogP contribution in [0.2, 0.25) is 0 Å². The third-order valence-electron chi connectivity index (χ3n) is 2.72. The SMILES string of the molecule is COc1c(C)cc(CCC(O)C(=O)O)cc1C. The molecule has 0 aliphatic heterocycles. The molecule has 17 heavy (non-hydrogen) atoms. The van der Waals surface area contributed by atoms with Gasteiger partial charge in [-0.1, -0.05) is 12.1 Å². The smallest absolute Gasteiger partial charge is 0.332 e. The number of ether oxygens (including phenoxy) is 1. The number of carboxylic acid groups (broad SMARTS) is 1. The van der Waals surface area contributed by atoms with E-state index in [1.807, 2.05) is 26.0 Å². The predicted octanol–water partition coefficient (Wildman–Crippen LogP) is 1.69. The maximum absolute atomic E-state index is 10.5. The van der Waals surface area contributed by atoms with Crippen molar-refractivity contribution in [3.8, 4) is 5.75 Å². The average molecular weight is 238 g/mol. The molecule has 94 valence electrons. The fraction of sp³-hybridized carbons (Fsp3) is 0.462. The minimum absolute atomic E-state index is 0.223. The fourth-order valence-corrected chi connectivity index (χ4v) is 1.93. The van der Waals surface area contributed by atoms with E-state index < -0.39 is 12.1 Å². The van der Waals surface area contributed by atoms with Crippen LogP contribution in [-0.2, 0) is 11.2 Å². The molecule has 0 aliphatic carbocycles. The van der Waals surface area contributed by atoms with Gasteiger partial charge in [-0.05, 0) is 43.4 Å². The van der Waals surface area contributed by atoms with Crippen molar-refractivity contribution in [2.45, 2.75) is 32.8 Å². The Hall–Kier alpha value is -1.55. The van der Waals surface area contributed by atoms with Crippen molar-refractivity contribution in [2.75, 3.05) is 7.11 Å². The van der Waals surface area contributed by atoms with Gasteiger partial charge in [0.15, 0.2) is 6.10 Å². The summed E-state index contributed by atoms with van der Waals surface area (Å²) in [4.78, 5) is 10.5. The lowest BCUT2D eigenvalue weighted by Gasteiger charge is -2.12. The van der Waals surface area contributed by atoms with Gasteiger partial charge in [-0.25, -0.2) is 4.79 Å². The molecule has 1 rings (SSSR count). The van der Waals surface area contributed by atoms with Crippen LogP contribution in [0.4, 0.5) is 0 Å². The van der Waals surface area contributed by atoms with E-state index >= 15 is 0 Å². The number of aryl methyl sites for hydroxylation is 3. The third-order valence-corrected chi connectivity index (χ3v) is 2.72. The van der Waals surface area contributed by atoms with Crippen LogP contribution < -0.4 is 4.74 Å². The molecule has 1 aromatic carbocycles. The van der Waals surface area contributed by atoms with E-state index in [1.54, 1.807) is 7.11 Å². The third kappa shape index (κ3) is 3.46. The van der Waals surface area contributed by atoms with Crippen molar-refractivity contribution in [1.82, 2.24) is 0 Å². The van der Waals surface area contributed by atoms with Gasteiger partial charge in [-0.3, -0.25) is 0 Å². The molecular formula is C13H18O4. The quantitative estimate of drug-likeness (QED) is 0.819. The molecular weight excluding hydrogens is 220 g/mol. The lowest BCUT2D eigenvalue weighted by Crippen LogP contribution is -2.19. The molecule has 4 heteroatoms. The number of aliphatic hydroxyl groups is 1. The van der Waals surface area contributed by atoms with Gasteiger partial charge in [0.2, 0.25) is 0 Å². The van der Waals surface area contributed by atoms with Crippen molar-refractivity contribution >= 4 is 5.97 Å².